The molecule has 9 heteroatoms. The molecule has 180 valence electrons. The maximum absolute atomic E-state index is 14.4. The van der Waals surface area contributed by atoms with Gasteiger partial charge >= 0.3 is 0 Å². The summed E-state index contributed by atoms with van der Waals surface area (Å²) in [7, 11) is -3.88. The van der Waals surface area contributed by atoms with Gasteiger partial charge in [-0.1, -0.05) is 24.3 Å². The molecule has 3 aromatic rings. The molecule has 0 amide bonds. The third-order valence-electron chi connectivity index (χ3n) is 5.43. The van der Waals surface area contributed by atoms with Gasteiger partial charge in [0.15, 0.2) is 5.78 Å². The number of hydrogen-bond donors (Lipinski definition) is 1. The van der Waals surface area contributed by atoms with Gasteiger partial charge in [-0.25, -0.2) is 31.1 Å². The quantitative estimate of drug-likeness (QED) is 0.311. The van der Waals surface area contributed by atoms with Crippen molar-refractivity contribution >= 4 is 15.8 Å². The minimum Gasteiger partial charge on any atom is -0.294 e. The van der Waals surface area contributed by atoms with Gasteiger partial charge in [-0.3, -0.25) is 4.79 Å². The summed E-state index contributed by atoms with van der Waals surface area (Å²) in [6, 6.07) is 12.1. The number of rotatable bonds is 9. The molecule has 0 aromatic heterocycles. The second kappa shape index (κ2) is 10.5. The van der Waals surface area contributed by atoms with Crippen LogP contribution >= 0.6 is 0 Å². The number of sulfonamides is 1. The van der Waals surface area contributed by atoms with Crippen LogP contribution in [-0.4, -0.2) is 20.6 Å². The lowest BCUT2D eigenvalue weighted by atomic mass is 9.91. The smallest absolute Gasteiger partial charge is 0.238 e. The van der Waals surface area contributed by atoms with Crippen LogP contribution < -0.4 is 5.14 Å². The zero-order valence-corrected chi connectivity index (χ0v) is 19.1. The molecule has 0 atom stereocenters. The normalized spacial score (nSPS) is 11.7. The van der Waals surface area contributed by atoms with Gasteiger partial charge in [-0.15, -0.1) is 0 Å². The van der Waals surface area contributed by atoms with Crippen LogP contribution in [0.3, 0.4) is 0 Å². The maximum Gasteiger partial charge on any atom is 0.238 e. The van der Waals surface area contributed by atoms with Crippen molar-refractivity contribution in [3.05, 3.63) is 88.5 Å². The topological polar surface area (TPSA) is 77.2 Å². The average Bonchev–Trinajstić information content (AvgIpc) is 2.73. The maximum atomic E-state index is 14.4. The van der Waals surface area contributed by atoms with E-state index in [4.69, 9.17) is 5.14 Å². The van der Waals surface area contributed by atoms with E-state index in [0.29, 0.717) is 27.8 Å². The molecular formula is C25H23F4NO3S. The first-order chi connectivity index (χ1) is 16.0. The summed E-state index contributed by atoms with van der Waals surface area (Å²) in [5.41, 5.74) is 2.29. The van der Waals surface area contributed by atoms with Gasteiger partial charge in [0.2, 0.25) is 16.4 Å². The van der Waals surface area contributed by atoms with Gasteiger partial charge in [0.1, 0.15) is 11.6 Å². The standard InChI is InChI=1S/C25H23F4NO3S/c1-15-11-16(5-10-24(15)34(30,32)33)12-23(31)18-6-8-20(17(13-18)3-2-4-25(28)29)21-9-7-19(26)14-22(21)27/h5-11,13-14,25H,2-4,12H2,1H3,(H2,30,32,33). The van der Waals surface area contributed by atoms with Crippen LogP contribution in [0.4, 0.5) is 17.6 Å². The number of benzene rings is 3. The van der Waals surface area contributed by atoms with Crippen molar-refractivity contribution in [3.63, 3.8) is 0 Å². The van der Waals surface area contributed by atoms with E-state index in [9.17, 15) is 30.8 Å². The van der Waals surface area contributed by atoms with Crippen molar-refractivity contribution in [2.45, 2.75) is 43.9 Å². The molecule has 0 aliphatic heterocycles. The Bertz CT molecular complexity index is 1320. The van der Waals surface area contributed by atoms with Gasteiger partial charge < -0.3 is 0 Å². The highest BCUT2D eigenvalue weighted by atomic mass is 32.2. The van der Waals surface area contributed by atoms with Crippen LogP contribution in [0, 0.1) is 18.6 Å². The molecule has 0 saturated carbocycles. The number of hydrogen-bond acceptors (Lipinski definition) is 3. The predicted molar refractivity (Wildman–Crippen MR) is 121 cm³/mol. The Morgan fingerprint density at radius 3 is 2.29 bits per heavy atom. The highest BCUT2D eigenvalue weighted by Crippen LogP contribution is 2.30. The first-order valence-corrected chi connectivity index (χ1v) is 12.0. The number of nitrogens with two attached hydrogens (primary N) is 1. The molecule has 34 heavy (non-hydrogen) atoms. The molecule has 0 bridgehead atoms. The molecule has 0 saturated heterocycles. The number of Topliss-reactive ketones (excluding diaryl/α,β-unsaturated/α-hetero) is 1. The van der Waals surface area contributed by atoms with Crippen LogP contribution in [0.5, 0.6) is 0 Å². The molecule has 0 unspecified atom stereocenters. The third kappa shape index (κ3) is 6.30. The van der Waals surface area contributed by atoms with Crippen molar-refractivity contribution in [1.82, 2.24) is 0 Å². The molecule has 0 aliphatic carbocycles. The number of ketones is 1. The van der Waals surface area contributed by atoms with Crippen LogP contribution in [0.2, 0.25) is 0 Å². The summed E-state index contributed by atoms with van der Waals surface area (Å²) in [4.78, 5) is 12.9. The van der Waals surface area contributed by atoms with E-state index in [1.165, 1.54) is 36.4 Å². The number of carbonyl (C=O) groups excluding carboxylic acids is 1. The lowest BCUT2D eigenvalue weighted by Gasteiger charge is -2.13. The Labute approximate surface area is 195 Å². The molecule has 3 rings (SSSR count). The molecule has 0 aliphatic rings. The number of alkyl halides is 2. The molecular weight excluding hydrogens is 470 g/mol. The molecule has 0 spiro atoms. The van der Waals surface area contributed by atoms with Crippen LogP contribution in [0.15, 0.2) is 59.5 Å². The molecule has 0 heterocycles. The van der Waals surface area contributed by atoms with E-state index < -0.39 is 28.1 Å². The zero-order valence-electron chi connectivity index (χ0n) is 18.3. The molecule has 4 nitrogen and oxygen atoms in total. The molecule has 3 aromatic carbocycles. The van der Waals surface area contributed by atoms with Crippen molar-refractivity contribution in [1.29, 1.82) is 0 Å². The lowest BCUT2D eigenvalue weighted by Crippen LogP contribution is -2.14. The molecule has 2 N–H and O–H groups in total. The Balaban J connectivity index is 1.92. The Morgan fingerprint density at radius 1 is 0.971 bits per heavy atom. The van der Waals surface area contributed by atoms with E-state index in [0.717, 1.165) is 12.1 Å². The minimum absolute atomic E-state index is 0.0318. The van der Waals surface area contributed by atoms with Crippen molar-refractivity contribution in [2.75, 3.05) is 0 Å². The number of carbonyl (C=O) groups is 1. The molecule has 0 fully saturated rings. The molecule has 0 radical (unpaired) electrons. The predicted octanol–water partition coefficient (Wildman–Crippen LogP) is 5.60. The monoisotopic (exact) mass is 493 g/mol. The second-order valence-electron chi connectivity index (χ2n) is 8.02. The summed E-state index contributed by atoms with van der Waals surface area (Å²) in [5, 5.41) is 5.17. The highest BCUT2D eigenvalue weighted by Gasteiger charge is 2.17. The average molecular weight is 494 g/mol. The largest absolute Gasteiger partial charge is 0.294 e. The fourth-order valence-corrected chi connectivity index (χ4v) is 4.59. The van der Waals surface area contributed by atoms with Crippen LogP contribution in [0.25, 0.3) is 11.1 Å². The van der Waals surface area contributed by atoms with Crippen LogP contribution in [-0.2, 0) is 22.9 Å². The van der Waals surface area contributed by atoms with E-state index in [1.807, 2.05) is 0 Å². The summed E-state index contributed by atoms with van der Waals surface area (Å²) in [6.07, 6.45) is -2.57. The third-order valence-corrected chi connectivity index (χ3v) is 6.50. The van der Waals surface area contributed by atoms with E-state index in [2.05, 4.69) is 0 Å². The Hall–Kier alpha value is -3.04. The van der Waals surface area contributed by atoms with Crippen LogP contribution in [0.1, 0.15) is 39.9 Å². The van der Waals surface area contributed by atoms with Gasteiger partial charge in [0.05, 0.1) is 4.90 Å². The number of primary sulfonamides is 1. The SMILES string of the molecule is Cc1cc(CC(=O)c2ccc(-c3ccc(F)cc3F)c(CCCC(F)F)c2)ccc1S(N)(=O)=O. The Kier molecular flexibility index (Phi) is 7.89. The van der Waals surface area contributed by atoms with Gasteiger partial charge in [0.25, 0.3) is 0 Å². The van der Waals surface area contributed by atoms with Gasteiger partial charge in [-0.05, 0) is 66.3 Å². The van der Waals surface area contributed by atoms with Crippen molar-refractivity contribution in [2.24, 2.45) is 5.14 Å². The number of halogens is 4. The van der Waals surface area contributed by atoms with Crippen molar-refractivity contribution in [3.8, 4) is 11.1 Å². The number of aryl methyl sites for hydroxylation is 2. The van der Waals surface area contributed by atoms with E-state index in [1.54, 1.807) is 13.0 Å². The fourth-order valence-electron chi connectivity index (χ4n) is 3.82. The lowest BCUT2D eigenvalue weighted by molar-refractivity contribution is 0.0992. The second-order valence-corrected chi connectivity index (χ2v) is 9.55. The minimum atomic E-state index is -3.88. The summed E-state index contributed by atoms with van der Waals surface area (Å²) >= 11 is 0. The Morgan fingerprint density at radius 2 is 1.68 bits per heavy atom. The van der Waals surface area contributed by atoms with Gasteiger partial charge in [-0.2, -0.15) is 0 Å². The zero-order chi connectivity index (χ0) is 25.0. The summed E-state index contributed by atoms with van der Waals surface area (Å²) in [6.45, 7) is 1.57. The van der Waals surface area contributed by atoms with E-state index in [-0.39, 0.29) is 41.9 Å². The van der Waals surface area contributed by atoms with E-state index >= 15 is 0 Å². The fraction of sp³-hybridized carbons (Fsp3) is 0.240. The van der Waals surface area contributed by atoms with Gasteiger partial charge in [0, 0.05) is 30.0 Å². The first kappa shape index (κ1) is 25.6. The van der Waals surface area contributed by atoms with Crippen molar-refractivity contribution < 1.29 is 30.8 Å². The summed E-state index contributed by atoms with van der Waals surface area (Å²) in [5.74, 6) is -1.82. The highest BCUT2D eigenvalue weighted by molar-refractivity contribution is 7.89. The first-order valence-electron chi connectivity index (χ1n) is 10.5. The summed E-state index contributed by atoms with van der Waals surface area (Å²) < 4.78 is 76.2.